The van der Waals surface area contributed by atoms with Crippen LogP contribution in [0.4, 0.5) is 13.2 Å². The molecule has 4 unspecified atom stereocenters. The predicted octanol–water partition coefficient (Wildman–Crippen LogP) is 2.31. The number of aliphatic hydroxyl groups excluding tert-OH is 1. The molecule has 3 fully saturated rings. The van der Waals surface area contributed by atoms with Gasteiger partial charge in [-0.15, -0.1) is 6.58 Å². The van der Waals surface area contributed by atoms with Crippen LogP contribution >= 0.6 is 0 Å². The summed E-state index contributed by atoms with van der Waals surface area (Å²) >= 11 is 0. The summed E-state index contributed by atoms with van der Waals surface area (Å²) in [6.45, 7) is 5.33. The molecule has 4 nitrogen and oxygen atoms in total. The van der Waals surface area contributed by atoms with Crippen LogP contribution in [0.3, 0.4) is 0 Å². The van der Waals surface area contributed by atoms with Crippen molar-refractivity contribution in [3.8, 4) is 5.75 Å². The van der Waals surface area contributed by atoms with Crippen LogP contribution < -0.4 is 21.7 Å². The van der Waals surface area contributed by atoms with Crippen LogP contribution in [-0.4, -0.2) is 40.8 Å². The lowest BCUT2D eigenvalue weighted by molar-refractivity contribution is -0.985. The molecule has 5 atom stereocenters. The molecule has 8 heteroatoms. The Balaban J connectivity index is 0.00000289. The summed E-state index contributed by atoms with van der Waals surface area (Å²) in [7, 11) is 1.58. The Morgan fingerprint density at radius 1 is 1.20 bits per heavy atom. The third kappa shape index (κ3) is 4.47. The third-order valence-electron chi connectivity index (χ3n) is 7.92. The topological polar surface area (TPSA) is 42.4 Å². The molecular weight excluding hydrogens is 521 g/mol. The zero-order valence-corrected chi connectivity index (χ0v) is 21.0. The minimum absolute atomic E-state index is 0. The third-order valence-corrected chi connectivity index (χ3v) is 7.92. The van der Waals surface area contributed by atoms with Crippen molar-refractivity contribution in [3.05, 3.63) is 83.8 Å². The molecular formula is C27H28BrF3N2O2. The number of nitrogens with zero attached hydrogens (tertiary/aromatic N) is 2. The van der Waals surface area contributed by atoms with E-state index in [9.17, 15) is 18.3 Å². The number of piperidine rings is 3. The lowest BCUT2D eigenvalue weighted by Gasteiger charge is -2.58. The Labute approximate surface area is 213 Å². The van der Waals surface area contributed by atoms with Crippen LogP contribution in [0.1, 0.15) is 30.1 Å². The monoisotopic (exact) mass is 548 g/mol. The second-order valence-corrected chi connectivity index (χ2v) is 9.61. The van der Waals surface area contributed by atoms with Gasteiger partial charge in [-0.2, -0.15) is 0 Å². The van der Waals surface area contributed by atoms with E-state index in [1.807, 2.05) is 24.3 Å². The minimum Gasteiger partial charge on any atom is -1.00 e. The number of aliphatic hydroxyl groups is 1. The number of ether oxygens (including phenoxy) is 1. The van der Waals surface area contributed by atoms with Gasteiger partial charge in [0.15, 0.2) is 0 Å². The van der Waals surface area contributed by atoms with Gasteiger partial charge < -0.3 is 31.3 Å². The maximum Gasteiger partial charge on any atom is 0.137 e. The Bertz CT molecular complexity index is 1230. The average molecular weight is 549 g/mol. The first-order valence-corrected chi connectivity index (χ1v) is 11.6. The van der Waals surface area contributed by atoms with Crippen LogP contribution in [0.15, 0.2) is 55.3 Å². The van der Waals surface area contributed by atoms with Crippen LogP contribution in [0.5, 0.6) is 5.75 Å². The van der Waals surface area contributed by atoms with E-state index >= 15 is 0 Å². The first-order chi connectivity index (χ1) is 16.3. The smallest absolute Gasteiger partial charge is 0.137 e. The van der Waals surface area contributed by atoms with Crippen molar-refractivity contribution in [2.24, 2.45) is 11.8 Å². The van der Waals surface area contributed by atoms with Crippen molar-refractivity contribution in [2.45, 2.75) is 31.5 Å². The van der Waals surface area contributed by atoms with Crippen molar-refractivity contribution < 1.29 is 44.5 Å². The lowest BCUT2D eigenvalue weighted by atomic mass is 9.71. The number of hydrogen-bond acceptors (Lipinski definition) is 3. The summed E-state index contributed by atoms with van der Waals surface area (Å²) < 4.78 is 48.7. The van der Waals surface area contributed by atoms with E-state index in [2.05, 4.69) is 11.6 Å². The SMILES string of the molecule is C=CC1C[N+]2(Cc3c(F)cc(F)cc3F)CCC1CC2[C@H](O)c1ccnc2ccc(OC)cc12.[Br-]. The molecule has 3 aliphatic heterocycles. The van der Waals surface area contributed by atoms with Crippen molar-refractivity contribution in [1.29, 1.82) is 0 Å². The van der Waals surface area contributed by atoms with Gasteiger partial charge in [-0.3, -0.25) is 4.98 Å². The molecule has 0 saturated carbocycles. The number of aromatic nitrogens is 1. The number of benzene rings is 2. The molecule has 4 heterocycles. The molecule has 0 amide bonds. The molecule has 2 bridgehead atoms. The van der Waals surface area contributed by atoms with E-state index in [-0.39, 0.29) is 41.0 Å². The van der Waals surface area contributed by atoms with Crippen molar-refractivity contribution in [3.63, 3.8) is 0 Å². The minimum atomic E-state index is -0.936. The Morgan fingerprint density at radius 3 is 2.63 bits per heavy atom. The highest BCUT2D eigenvalue weighted by atomic mass is 79.9. The average Bonchev–Trinajstić information content (AvgIpc) is 2.85. The Hall–Kier alpha value is -2.42. The molecule has 6 rings (SSSR count). The highest BCUT2D eigenvalue weighted by molar-refractivity contribution is 5.83. The maximum absolute atomic E-state index is 14.7. The lowest BCUT2D eigenvalue weighted by Crippen LogP contribution is -3.00. The molecule has 3 aromatic rings. The van der Waals surface area contributed by atoms with Gasteiger partial charge in [-0.1, -0.05) is 6.08 Å². The molecule has 3 saturated heterocycles. The molecule has 0 aliphatic carbocycles. The standard InChI is InChI=1S/C27H28F3N2O2.BrH/c1-3-16-14-32(15-22-23(29)11-18(28)12-24(22)30)9-7-17(16)10-26(32)27(33)20-6-8-31-25-5-4-19(34-2)13-21(20)25;/h3-6,8,11-13,16-17,26-27,33H,1,7,9-10,14-15H2,2H3;1H/q+1;/p-1/t16?,17?,26?,27-,32?;/m1./s1. The number of quaternary nitrogens is 1. The van der Waals surface area contributed by atoms with Gasteiger partial charge in [0.25, 0.3) is 0 Å². The molecule has 1 aromatic heterocycles. The van der Waals surface area contributed by atoms with E-state index < -0.39 is 23.6 Å². The summed E-state index contributed by atoms with van der Waals surface area (Å²) in [5.74, 6) is -1.51. The quantitative estimate of drug-likeness (QED) is 0.379. The first kappa shape index (κ1) is 25.7. The van der Waals surface area contributed by atoms with Gasteiger partial charge in [0.2, 0.25) is 0 Å². The summed E-state index contributed by atoms with van der Waals surface area (Å²) in [6.07, 6.45) is 4.30. The molecule has 186 valence electrons. The highest BCUT2D eigenvalue weighted by Crippen LogP contribution is 2.48. The van der Waals surface area contributed by atoms with Gasteiger partial charge in [-0.25, -0.2) is 13.2 Å². The van der Waals surface area contributed by atoms with Crippen LogP contribution in [-0.2, 0) is 6.54 Å². The van der Waals surface area contributed by atoms with E-state index in [1.54, 1.807) is 19.4 Å². The zero-order valence-electron chi connectivity index (χ0n) is 19.4. The second-order valence-electron chi connectivity index (χ2n) is 9.61. The molecule has 1 N–H and O–H groups in total. The van der Waals surface area contributed by atoms with Crippen molar-refractivity contribution in [2.75, 3.05) is 20.2 Å². The fourth-order valence-electron chi connectivity index (χ4n) is 6.16. The second kappa shape index (κ2) is 9.91. The number of methoxy groups -OCH3 is 1. The largest absolute Gasteiger partial charge is 1.00 e. The molecule has 35 heavy (non-hydrogen) atoms. The maximum atomic E-state index is 14.7. The van der Waals surface area contributed by atoms with Gasteiger partial charge in [0.1, 0.15) is 41.9 Å². The number of rotatable bonds is 6. The summed E-state index contributed by atoms with van der Waals surface area (Å²) in [5.41, 5.74) is 1.32. The summed E-state index contributed by atoms with van der Waals surface area (Å²) in [4.78, 5) is 4.41. The van der Waals surface area contributed by atoms with E-state index in [1.165, 1.54) is 0 Å². The number of pyridine rings is 1. The molecule has 3 aliphatic rings. The summed E-state index contributed by atoms with van der Waals surface area (Å²) in [5, 5.41) is 12.5. The summed E-state index contributed by atoms with van der Waals surface area (Å²) in [6, 6.07) is 8.50. The van der Waals surface area contributed by atoms with Crippen LogP contribution in [0, 0.1) is 29.3 Å². The fourth-order valence-corrected chi connectivity index (χ4v) is 6.16. The fraction of sp³-hybridized carbons (Fsp3) is 0.370. The molecule has 0 spiro atoms. The van der Waals surface area contributed by atoms with Crippen molar-refractivity contribution in [1.82, 2.24) is 4.98 Å². The molecule has 0 radical (unpaired) electrons. The number of fused-ring (bicyclic) bond motifs is 4. The van der Waals surface area contributed by atoms with Crippen molar-refractivity contribution >= 4 is 10.9 Å². The van der Waals surface area contributed by atoms with Gasteiger partial charge >= 0.3 is 0 Å². The molecule has 2 aromatic carbocycles. The zero-order chi connectivity index (χ0) is 24.0. The number of halogens is 4. The van der Waals surface area contributed by atoms with Gasteiger partial charge in [0.05, 0.1) is 31.3 Å². The normalized spacial score (nSPS) is 26.3. The van der Waals surface area contributed by atoms with Gasteiger partial charge in [0, 0.05) is 42.5 Å². The van der Waals surface area contributed by atoms with Crippen LogP contribution in [0.2, 0.25) is 0 Å². The van der Waals surface area contributed by atoms with E-state index in [0.717, 1.165) is 29.5 Å². The number of hydrogen-bond donors (Lipinski definition) is 1. The Kier molecular flexibility index (Phi) is 7.27. The van der Waals surface area contributed by atoms with E-state index in [0.29, 0.717) is 41.2 Å². The first-order valence-electron chi connectivity index (χ1n) is 11.6. The highest BCUT2D eigenvalue weighted by Gasteiger charge is 2.54. The van der Waals surface area contributed by atoms with Crippen LogP contribution in [0.25, 0.3) is 10.9 Å². The Morgan fingerprint density at radius 2 is 1.94 bits per heavy atom. The van der Waals surface area contributed by atoms with E-state index in [4.69, 9.17) is 4.74 Å². The predicted molar refractivity (Wildman–Crippen MR) is 123 cm³/mol. The van der Waals surface area contributed by atoms with Gasteiger partial charge in [-0.05, 0) is 35.7 Å².